The summed E-state index contributed by atoms with van der Waals surface area (Å²) in [7, 11) is 1.27. The third-order valence-electron chi connectivity index (χ3n) is 2.51. The molecule has 1 atom stereocenters. The van der Waals surface area contributed by atoms with Crippen LogP contribution in [0.4, 0.5) is 11.9 Å². The minimum absolute atomic E-state index is 0.0453. The average molecular weight is 272 g/mol. The second-order valence-electron chi connectivity index (χ2n) is 3.69. The lowest BCUT2D eigenvalue weighted by Crippen LogP contribution is -2.28. The molecule has 1 fully saturated rings. The largest absolute Gasteiger partial charge is 0.469 e. The van der Waals surface area contributed by atoms with Crippen LogP contribution in [0.25, 0.3) is 0 Å². The van der Waals surface area contributed by atoms with Gasteiger partial charge in [-0.15, -0.1) is 0 Å². The van der Waals surface area contributed by atoms with Crippen molar-refractivity contribution >= 4 is 35.4 Å². The molecule has 2 heterocycles. The van der Waals surface area contributed by atoms with Gasteiger partial charge in [0.2, 0.25) is 23.1 Å². The highest BCUT2D eigenvalue weighted by Crippen LogP contribution is 2.23. The summed E-state index contributed by atoms with van der Waals surface area (Å²) in [5.41, 5.74) is 5.42. The molecule has 8 nitrogen and oxygen atoms in total. The number of halogens is 1. The van der Waals surface area contributed by atoms with Crippen LogP contribution < -0.4 is 10.6 Å². The fourth-order valence-corrected chi connectivity index (χ4v) is 1.86. The van der Waals surface area contributed by atoms with E-state index >= 15 is 0 Å². The molecule has 1 amide bonds. The van der Waals surface area contributed by atoms with Crippen molar-refractivity contribution in [2.24, 2.45) is 5.92 Å². The van der Waals surface area contributed by atoms with Gasteiger partial charge in [0, 0.05) is 13.0 Å². The van der Waals surface area contributed by atoms with Gasteiger partial charge >= 0.3 is 5.97 Å². The van der Waals surface area contributed by atoms with E-state index in [4.69, 9.17) is 17.3 Å². The predicted molar refractivity (Wildman–Crippen MR) is 61.7 cm³/mol. The standard InChI is InChI=1S/C9H10ClN5O3/c1-18-6(17)4-2-5(16)15(3-4)9-13-7(10)12-8(11)14-9/h4H,2-3H2,1H3,(H2,11,12,13,14). The molecule has 9 heteroatoms. The summed E-state index contributed by atoms with van der Waals surface area (Å²) >= 11 is 5.63. The normalized spacial score (nSPS) is 19.1. The van der Waals surface area contributed by atoms with Crippen LogP contribution in [0.5, 0.6) is 0 Å². The van der Waals surface area contributed by atoms with E-state index in [-0.39, 0.29) is 36.1 Å². The molecule has 1 aliphatic rings. The maximum absolute atomic E-state index is 11.8. The summed E-state index contributed by atoms with van der Waals surface area (Å²) in [6, 6.07) is 0. The lowest BCUT2D eigenvalue weighted by molar-refractivity contribution is -0.145. The quantitative estimate of drug-likeness (QED) is 0.731. The lowest BCUT2D eigenvalue weighted by Gasteiger charge is -2.13. The number of aromatic nitrogens is 3. The number of rotatable bonds is 2. The molecule has 0 aliphatic carbocycles. The Morgan fingerprint density at radius 2 is 2.22 bits per heavy atom. The van der Waals surface area contributed by atoms with Crippen molar-refractivity contribution in [1.29, 1.82) is 0 Å². The van der Waals surface area contributed by atoms with Crippen molar-refractivity contribution < 1.29 is 14.3 Å². The van der Waals surface area contributed by atoms with Crippen LogP contribution in [0.3, 0.4) is 0 Å². The Balaban J connectivity index is 2.24. The van der Waals surface area contributed by atoms with Gasteiger partial charge in [0.25, 0.3) is 0 Å². The Morgan fingerprint density at radius 3 is 2.83 bits per heavy atom. The van der Waals surface area contributed by atoms with E-state index in [1.807, 2.05) is 0 Å². The first-order chi connectivity index (χ1) is 8.51. The summed E-state index contributed by atoms with van der Waals surface area (Å²) in [6.07, 6.45) is 0.0515. The average Bonchev–Trinajstić information content (AvgIpc) is 2.69. The highest BCUT2D eigenvalue weighted by atomic mass is 35.5. The van der Waals surface area contributed by atoms with Gasteiger partial charge in [-0.2, -0.15) is 15.0 Å². The topological polar surface area (TPSA) is 111 Å². The minimum atomic E-state index is -0.528. The smallest absolute Gasteiger partial charge is 0.311 e. The molecule has 1 saturated heterocycles. The van der Waals surface area contributed by atoms with Crippen molar-refractivity contribution in [3.05, 3.63) is 5.28 Å². The maximum atomic E-state index is 11.8. The number of nitrogen functional groups attached to an aromatic ring is 1. The zero-order valence-electron chi connectivity index (χ0n) is 9.46. The molecule has 18 heavy (non-hydrogen) atoms. The number of hydrogen-bond donors (Lipinski definition) is 1. The monoisotopic (exact) mass is 271 g/mol. The van der Waals surface area contributed by atoms with E-state index < -0.39 is 11.9 Å². The number of ether oxygens (including phenoxy) is 1. The first kappa shape index (κ1) is 12.5. The highest BCUT2D eigenvalue weighted by molar-refractivity contribution is 6.28. The van der Waals surface area contributed by atoms with Crippen LogP contribution in [0, 0.1) is 5.92 Å². The van der Waals surface area contributed by atoms with Crippen molar-refractivity contribution in [3.63, 3.8) is 0 Å². The van der Waals surface area contributed by atoms with E-state index in [1.165, 1.54) is 12.0 Å². The Hall–Kier alpha value is -1.96. The number of nitrogens with zero attached hydrogens (tertiary/aromatic N) is 4. The van der Waals surface area contributed by atoms with E-state index in [9.17, 15) is 9.59 Å². The number of amides is 1. The Morgan fingerprint density at radius 1 is 1.50 bits per heavy atom. The third kappa shape index (κ3) is 2.33. The number of carbonyl (C=O) groups is 2. The first-order valence-electron chi connectivity index (χ1n) is 5.06. The number of anilines is 2. The van der Waals surface area contributed by atoms with Gasteiger partial charge in [-0.25, -0.2) is 0 Å². The predicted octanol–water partition coefficient (Wildman–Crippen LogP) is -0.367. The van der Waals surface area contributed by atoms with Crippen molar-refractivity contribution in [2.75, 3.05) is 24.3 Å². The molecule has 1 aliphatic heterocycles. The van der Waals surface area contributed by atoms with Gasteiger partial charge in [0.1, 0.15) is 0 Å². The molecular weight excluding hydrogens is 262 g/mol. The van der Waals surface area contributed by atoms with Gasteiger partial charge in [-0.1, -0.05) is 0 Å². The van der Waals surface area contributed by atoms with Gasteiger partial charge in [-0.3, -0.25) is 14.5 Å². The molecule has 0 aromatic carbocycles. The number of methoxy groups -OCH3 is 1. The second kappa shape index (κ2) is 4.73. The summed E-state index contributed by atoms with van der Waals surface area (Å²) in [6.45, 7) is 0.144. The van der Waals surface area contributed by atoms with Crippen LogP contribution in [0.2, 0.25) is 5.28 Å². The first-order valence-corrected chi connectivity index (χ1v) is 5.44. The number of nitrogens with two attached hydrogens (primary N) is 1. The molecule has 0 radical (unpaired) electrons. The molecule has 1 unspecified atom stereocenters. The zero-order valence-corrected chi connectivity index (χ0v) is 10.2. The van der Waals surface area contributed by atoms with E-state index in [0.29, 0.717) is 0 Å². The van der Waals surface area contributed by atoms with Crippen LogP contribution in [-0.4, -0.2) is 40.5 Å². The van der Waals surface area contributed by atoms with Crippen LogP contribution in [0.1, 0.15) is 6.42 Å². The van der Waals surface area contributed by atoms with E-state index in [0.717, 1.165) is 0 Å². The fraction of sp³-hybridized carbons (Fsp3) is 0.444. The second-order valence-corrected chi connectivity index (χ2v) is 4.03. The summed E-state index contributed by atoms with van der Waals surface area (Å²) < 4.78 is 4.59. The lowest BCUT2D eigenvalue weighted by atomic mass is 10.1. The number of carbonyl (C=O) groups excluding carboxylic acids is 2. The van der Waals surface area contributed by atoms with Crippen LogP contribution >= 0.6 is 11.6 Å². The Labute approximate surface area is 107 Å². The van der Waals surface area contributed by atoms with Crippen molar-refractivity contribution in [1.82, 2.24) is 15.0 Å². The van der Waals surface area contributed by atoms with Crippen molar-refractivity contribution in [2.45, 2.75) is 6.42 Å². The van der Waals surface area contributed by atoms with Gasteiger partial charge in [-0.05, 0) is 11.6 Å². The molecule has 2 N–H and O–H groups in total. The molecule has 96 valence electrons. The van der Waals surface area contributed by atoms with Crippen LogP contribution in [0.15, 0.2) is 0 Å². The summed E-state index contributed by atoms with van der Waals surface area (Å²) in [5.74, 6) is -1.30. The third-order valence-corrected chi connectivity index (χ3v) is 2.68. The van der Waals surface area contributed by atoms with Crippen LogP contribution in [-0.2, 0) is 14.3 Å². The SMILES string of the molecule is COC(=O)C1CC(=O)N(c2nc(N)nc(Cl)n2)C1. The molecule has 1 aromatic rings. The van der Waals surface area contributed by atoms with E-state index in [2.05, 4.69) is 19.7 Å². The number of esters is 1. The van der Waals surface area contributed by atoms with Gasteiger partial charge in [0.05, 0.1) is 13.0 Å². The minimum Gasteiger partial charge on any atom is -0.469 e. The Bertz CT molecular complexity index is 489. The Kier molecular flexibility index (Phi) is 3.28. The number of hydrogen-bond acceptors (Lipinski definition) is 7. The molecule has 1 aromatic heterocycles. The maximum Gasteiger partial charge on any atom is 0.311 e. The van der Waals surface area contributed by atoms with E-state index in [1.54, 1.807) is 0 Å². The molecule has 0 saturated carbocycles. The molecule has 0 spiro atoms. The molecule has 2 rings (SSSR count). The summed E-state index contributed by atoms with van der Waals surface area (Å²) in [4.78, 5) is 35.6. The zero-order chi connectivity index (χ0) is 13.3. The highest BCUT2D eigenvalue weighted by Gasteiger charge is 2.37. The van der Waals surface area contributed by atoms with Gasteiger partial charge in [0.15, 0.2) is 0 Å². The fourth-order valence-electron chi connectivity index (χ4n) is 1.70. The van der Waals surface area contributed by atoms with Gasteiger partial charge < -0.3 is 10.5 Å². The molecule has 0 bridgehead atoms. The molecular formula is C9H10ClN5O3. The van der Waals surface area contributed by atoms with Crippen molar-refractivity contribution in [3.8, 4) is 0 Å². The summed E-state index contributed by atoms with van der Waals surface area (Å²) in [5, 5.41) is -0.105.